The third-order valence-electron chi connectivity index (χ3n) is 3.99. The van der Waals surface area contributed by atoms with Gasteiger partial charge >= 0.3 is 0 Å². The fraction of sp³-hybridized carbons (Fsp3) is 0.0526. The predicted molar refractivity (Wildman–Crippen MR) is 95.3 cm³/mol. The van der Waals surface area contributed by atoms with E-state index in [0.717, 1.165) is 17.1 Å². The molecule has 1 aliphatic rings. The molecule has 2 aromatic carbocycles. The molecule has 2 heterocycles. The van der Waals surface area contributed by atoms with Crippen molar-refractivity contribution in [3.05, 3.63) is 89.2 Å². The van der Waals surface area contributed by atoms with Crippen molar-refractivity contribution in [2.24, 2.45) is 0 Å². The van der Waals surface area contributed by atoms with E-state index < -0.39 is 0 Å². The van der Waals surface area contributed by atoms with Crippen LogP contribution in [0.3, 0.4) is 0 Å². The smallest absolute Gasteiger partial charge is 0.262 e. The lowest BCUT2D eigenvalue weighted by molar-refractivity contribution is 0.0993. The second kappa shape index (κ2) is 5.98. The summed E-state index contributed by atoms with van der Waals surface area (Å²) in [6, 6.07) is 20.6. The lowest BCUT2D eigenvalue weighted by Crippen LogP contribution is -2.32. The van der Waals surface area contributed by atoms with Crippen molar-refractivity contribution in [1.82, 2.24) is 4.98 Å². The van der Waals surface area contributed by atoms with Crippen LogP contribution < -0.4 is 10.2 Å². The number of carbonyl (C=O) groups excluding carboxylic acids is 1. The molecular weight excluding hydrogens is 322 g/mol. The average molecular weight is 336 g/mol. The number of hydrogen-bond acceptors (Lipinski definition) is 3. The number of halogens is 1. The van der Waals surface area contributed by atoms with Crippen molar-refractivity contribution in [3.8, 4) is 0 Å². The van der Waals surface area contributed by atoms with Crippen LogP contribution in [0.2, 0.25) is 5.02 Å². The number of aromatic nitrogens is 1. The lowest BCUT2D eigenvalue weighted by atomic mass is 10.2. The Labute approximate surface area is 144 Å². The predicted octanol–water partition coefficient (Wildman–Crippen LogP) is 4.51. The molecule has 1 aromatic heterocycles. The minimum absolute atomic E-state index is 0.0595. The molecule has 3 aromatic rings. The van der Waals surface area contributed by atoms with E-state index in [1.54, 1.807) is 17.2 Å². The van der Waals surface area contributed by atoms with E-state index in [0.29, 0.717) is 10.6 Å². The molecule has 0 aliphatic carbocycles. The second-order valence-corrected chi connectivity index (χ2v) is 5.94. The average Bonchev–Trinajstić information content (AvgIpc) is 2.90. The number of rotatable bonds is 3. The molecule has 118 valence electrons. The quantitative estimate of drug-likeness (QED) is 0.766. The summed E-state index contributed by atoms with van der Waals surface area (Å²) in [6.45, 7) is 0. The van der Waals surface area contributed by atoms with Crippen molar-refractivity contribution in [2.45, 2.75) is 6.17 Å². The van der Waals surface area contributed by atoms with Gasteiger partial charge in [0.25, 0.3) is 5.91 Å². The Hall–Kier alpha value is -2.85. The van der Waals surface area contributed by atoms with Gasteiger partial charge in [-0.25, -0.2) is 0 Å². The van der Waals surface area contributed by atoms with Crippen molar-refractivity contribution in [1.29, 1.82) is 0 Å². The first kappa shape index (κ1) is 14.7. The van der Waals surface area contributed by atoms with Crippen LogP contribution in [-0.2, 0) is 0 Å². The van der Waals surface area contributed by atoms with Gasteiger partial charge in [-0.2, -0.15) is 0 Å². The first-order chi connectivity index (χ1) is 11.7. The number of fused-ring (bicyclic) bond motifs is 1. The molecule has 1 atom stereocenters. The molecule has 24 heavy (non-hydrogen) atoms. The molecule has 1 aliphatic heterocycles. The molecule has 0 saturated heterocycles. The highest BCUT2D eigenvalue weighted by Crippen LogP contribution is 2.36. The maximum atomic E-state index is 12.9. The number of hydrogen-bond donors (Lipinski definition) is 1. The molecule has 0 saturated carbocycles. The third kappa shape index (κ3) is 2.51. The van der Waals surface area contributed by atoms with E-state index in [1.807, 2.05) is 60.7 Å². The van der Waals surface area contributed by atoms with Crippen molar-refractivity contribution >= 4 is 28.9 Å². The number of amides is 1. The number of anilines is 2. The molecule has 0 fully saturated rings. The Balaban J connectivity index is 1.77. The molecular formula is C19H14ClN3O. The maximum absolute atomic E-state index is 12.9. The van der Waals surface area contributed by atoms with Gasteiger partial charge in [-0.3, -0.25) is 14.7 Å². The van der Waals surface area contributed by atoms with Crippen molar-refractivity contribution in [2.75, 3.05) is 10.2 Å². The summed E-state index contributed by atoms with van der Waals surface area (Å²) in [5.41, 5.74) is 3.04. The van der Waals surface area contributed by atoms with Gasteiger partial charge in [-0.05, 0) is 48.5 Å². The molecule has 1 amide bonds. The topological polar surface area (TPSA) is 45.2 Å². The van der Waals surface area contributed by atoms with Gasteiger partial charge < -0.3 is 5.32 Å². The molecule has 0 unspecified atom stereocenters. The minimum atomic E-state index is -0.364. The monoisotopic (exact) mass is 335 g/mol. The molecule has 0 radical (unpaired) electrons. The number of carbonyl (C=O) groups is 1. The van der Waals surface area contributed by atoms with Gasteiger partial charge in [0.2, 0.25) is 0 Å². The van der Waals surface area contributed by atoms with Crippen LogP contribution in [0.15, 0.2) is 72.9 Å². The Morgan fingerprint density at radius 2 is 1.71 bits per heavy atom. The van der Waals surface area contributed by atoms with Crippen LogP contribution >= 0.6 is 11.6 Å². The summed E-state index contributed by atoms with van der Waals surface area (Å²) in [4.78, 5) is 19.0. The van der Waals surface area contributed by atoms with Crippen LogP contribution in [0.4, 0.5) is 11.4 Å². The number of pyridine rings is 1. The lowest BCUT2D eigenvalue weighted by Gasteiger charge is -2.26. The number of nitrogens with zero attached hydrogens (tertiary/aromatic N) is 2. The van der Waals surface area contributed by atoms with E-state index in [1.165, 1.54) is 0 Å². The second-order valence-electron chi connectivity index (χ2n) is 5.50. The maximum Gasteiger partial charge on any atom is 0.262 e. The first-order valence-electron chi connectivity index (χ1n) is 7.60. The van der Waals surface area contributed by atoms with Gasteiger partial charge in [0, 0.05) is 22.6 Å². The van der Waals surface area contributed by atoms with Crippen LogP contribution in [0.25, 0.3) is 0 Å². The highest BCUT2D eigenvalue weighted by atomic mass is 35.5. The zero-order chi connectivity index (χ0) is 16.5. The summed E-state index contributed by atoms with van der Waals surface area (Å²) in [6.07, 6.45) is 1.34. The molecule has 4 nitrogen and oxygen atoms in total. The molecule has 1 N–H and O–H groups in total. The summed E-state index contributed by atoms with van der Waals surface area (Å²) in [5.74, 6) is -0.0595. The van der Waals surface area contributed by atoms with Crippen LogP contribution in [0, 0.1) is 0 Å². The number of nitrogens with one attached hydrogen (secondary N) is 1. The van der Waals surface area contributed by atoms with E-state index >= 15 is 0 Å². The normalized spacial score (nSPS) is 16.1. The molecule has 0 bridgehead atoms. The summed E-state index contributed by atoms with van der Waals surface area (Å²) in [5, 5.41) is 4.06. The van der Waals surface area contributed by atoms with E-state index in [2.05, 4.69) is 10.3 Å². The number of benzene rings is 2. The summed E-state index contributed by atoms with van der Waals surface area (Å²) in [7, 11) is 0. The summed E-state index contributed by atoms with van der Waals surface area (Å²) >= 11 is 5.95. The Morgan fingerprint density at radius 3 is 2.46 bits per heavy atom. The van der Waals surface area contributed by atoms with Crippen molar-refractivity contribution in [3.63, 3.8) is 0 Å². The van der Waals surface area contributed by atoms with Crippen LogP contribution in [0.1, 0.15) is 22.2 Å². The molecule has 4 rings (SSSR count). The molecule has 0 spiro atoms. The highest BCUT2D eigenvalue weighted by molar-refractivity contribution is 6.30. The first-order valence-corrected chi connectivity index (χ1v) is 7.97. The highest BCUT2D eigenvalue weighted by Gasteiger charge is 2.38. The van der Waals surface area contributed by atoms with Crippen LogP contribution in [-0.4, -0.2) is 10.9 Å². The van der Waals surface area contributed by atoms with Gasteiger partial charge in [-0.1, -0.05) is 29.8 Å². The standard InChI is InChI=1S/C19H14ClN3O/c20-13-8-10-14(11-9-13)22-18-17-16(7-4-12-21-17)19(24)23(18)15-5-2-1-3-6-15/h1-12,18,22H/t18-/m1/s1. The van der Waals surface area contributed by atoms with Gasteiger partial charge in [-0.15, -0.1) is 0 Å². The van der Waals surface area contributed by atoms with E-state index in [9.17, 15) is 4.79 Å². The summed E-state index contributed by atoms with van der Waals surface area (Å²) < 4.78 is 0. The fourth-order valence-electron chi connectivity index (χ4n) is 2.88. The third-order valence-corrected chi connectivity index (χ3v) is 4.24. The van der Waals surface area contributed by atoms with Gasteiger partial charge in [0.15, 0.2) is 6.17 Å². The fourth-order valence-corrected chi connectivity index (χ4v) is 3.00. The SMILES string of the molecule is O=C1c2cccnc2[C@H](Nc2ccc(Cl)cc2)N1c1ccccc1. The largest absolute Gasteiger partial charge is 0.360 e. The van der Waals surface area contributed by atoms with Crippen LogP contribution in [0.5, 0.6) is 0 Å². The van der Waals surface area contributed by atoms with Crippen molar-refractivity contribution < 1.29 is 4.79 Å². The zero-order valence-corrected chi connectivity index (χ0v) is 13.4. The Morgan fingerprint density at radius 1 is 0.958 bits per heavy atom. The Kier molecular flexibility index (Phi) is 3.67. The van der Waals surface area contributed by atoms with E-state index in [4.69, 9.17) is 11.6 Å². The Bertz CT molecular complexity index is 881. The minimum Gasteiger partial charge on any atom is -0.360 e. The van der Waals surface area contributed by atoms with E-state index in [-0.39, 0.29) is 12.1 Å². The zero-order valence-electron chi connectivity index (χ0n) is 12.7. The van der Waals surface area contributed by atoms with Gasteiger partial charge in [0.05, 0.1) is 11.3 Å². The molecule has 5 heteroatoms. The number of para-hydroxylation sites is 1. The van der Waals surface area contributed by atoms with Gasteiger partial charge in [0.1, 0.15) is 0 Å².